The van der Waals surface area contributed by atoms with Crippen LogP contribution in [0.4, 0.5) is 0 Å². The Bertz CT molecular complexity index is 778. The topological polar surface area (TPSA) is 60.7 Å². The average molecular weight is 461 g/mol. The second-order valence-corrected chi connectivity index (χ2v) is 14.5. The van der Waals surface area contributed by atoms with E-state index in [0.717, 1.165) is 19.3 Å². The Labute approximate surface area is 203 Å². The summed E-state index contributed by atoms with van der Waals surface area (Å²) in [6.07, 6.45) is 11.8. The number of fused-ring (bicyclic) bond motifs is 5. The summed E-state index contributed by atoms with van der Waals surface area (Å²) in [5, 5.41) is 31.4. The molecule has 0 aromatic heterocycles. The standard InChI is InChI=1S/C30H52O3/c1-19(9-12-25(32)27(4,5)33)20-13-17-29(7)21(20)10-11-23-28(6)16-15-24(31)26(2,3)22(28)14-18-30(23,29)8/h10,19-20,22-25,31-33H,9,11-18H2,1-8H3/t19-,20-,22-,23-,24+,25+,28+,29-,30-/m1/s1. The molecule has 0 aromatic carbocycles. The van der Waals surface area contributed by atoms with Gasteiger partial charge in [0, 0.05) is 0 Å². The van der Waals surface area contributed by atoms with Crippen LogP contribution in [0.1, 0.15) is 113 Å². The molecular weight excluding hydrogens is 408 g/mol. The first kappa shape index (κ1) is 25.7. The molecule has 0 aromatic rings. The van der Waals surface area contributed by atoms with Gasteiger partial charge >= 0.3 is 0 Å². The minimum Gasteiger partial charge on any atom is -0.393 e. The van der Waals surface area contributed by atoms with Crippen molar-refractivity contribution >= 4 is 0 Å². The van der Waals surface area contributed by atoms with E-state index in [0.29, 0.717) is 40.9 Å². The van der Waals surface area contributed by atoms with Gasteiger partial charge in [-0.25, -0.2) is 0 Å². The van der Waals surface area contributed by atoms with Crippen molar-refractivity contribution in [2.24, 2.45) is 45.3 Å². The maximum Gasteiger partial charge on any atom is 0.0849 e. The molecule has 9 atom stereocenters. The van der Waals surface area contributed by atoms with E-state index < -0.39 is 11.7 Å². The van der Waals surface area contributed by atoms with Gasteiger partial charge in [-0.1, -0.05) is 53.2 Å². The SMILES string of the molecule is C[C@H](CC[C@H](O)C(C)(C)O)[C@H]1CC[C@]2(C)C1=CC[C@@H]1[C@@]3(C)CC[C@H](O)C(C)(C)[C@H]3CC[C@]12C. The van der Waals surface area contributed by atoms with Crippen molar-refractivity contribution in [1.82, 2.24) is 0 Å². The van der Waals surface area contributed by atoms with E-state index in [2.05, 4.69) is 47.6 Å². The number of aliphatic hydroxyl groups excluding tert-OH is 2. The van der Waals surface area contributed by atoms with Crippen molar-refractivity contribution in [2.75, 3.05) is 0 Å². The van der Waals surface area contributed by atoms with Crippen LogP contribution in [0.15, 0.2) is 11.6 Å². The highest BCUT2D eigenvalue weighted by Crippen LogP contribution is 2.74. The van der Waals surface area contributed by atoms with Crippen molar-refractivity contribution in [3.05, 3.63) is 11.6 Å². The van der Waals surface area contributed by atoms with E-state index in [1.807, 2.05) is 0 Å². The summed E-state index contributed by atoms with van der Waals surface area (Å²) in [4.78, 5) is 0. The fourth-order valence-electron chi connectivity index (χ4n) is 9.69. The third kappa shape index (κ3) is 3.70. The van der Waals surface area contributed by atoms with E-state index in [1.54, 1.807) is 19.4 Å². The van der Waals surface area contributed by atoms with E-state index in [4.69, 9.17) is 0 Å². The molecule has 0 heterocycles. The van der Waals surface area contributed by atoms with Gasteiger partial charge in [-0.05, 0) is 117 Å². The minimum atomic E-state index is -1.02. The van der Waals surface area contributed by atoms with E-state index in [9.17, 15) is 15.3 Å². The van der Waals surface area contributed by atoms with Crippen LogP contribution in [0.5, 0.6) is 0 Å². The highest BCUT2D eigenvalue weighted by atomic mass is 16.3. The lowest BCUT2D eigenvalue weighted by molar-refractivity contribution is -0.193. The Morgan fingerprint density at radius 1 is 0.970 bits per heavy atom. The van der Waals surface area contributed by atoms with Crippen molar-refractivity contribution in [1.29, 1.82) is 0 Å². The quantitative estimate of drug-likeness (QED) is 0.410. The third-order valence-corrected chi connectivity index (χ3v) is 12.3. The Kier molecular flexibility index (Phi) is 6.28. The minimum absolute atomic E-state index is 0.00721. The molecule has 0 radical (unpaired) electrons. The molecule has 0 aliphatic heterocycles. The lowest BCUT2D eigenvalue weighted by Gasteiger charge is -2.68. The lowest BCUT2D eigenvalue weighted by atomic mass is 9.37. The summed E-state index contributed by atoms with van der Waals surface area (Å²) < 4.78 is 0. The molecule has 4 aliphatic carbocycles. The molecule has 190 valence electrons. The number of rotatable bonds is 5. The molecule has 3 N–H and O–H groups in total. The summed E-state index contributed by atoms with van der Waals surface area (Å²) >= 11 is 0. The first-order chi connectivity index (χ1) is 15.1. The Hall–Kier alpha value is -0.380. The first-order valence-corrected chi connectivity index (χ1v) is 13.9. The number of aliphatic hydroxyl groups is 3. The lowest BCUT2D eigenvalue weighted by Crippen LogP contribution is -2.62. The molecule has 0 bridgehead atoms. The van der Waals surface area contributed by atoms with Crippen molar-refractivity contribution in [3.63, 3.8) is 0 Å². The largest absolute Gasteiger partial charge is 0.393 e. The molecule has 0 spiro atoms. The van der Waals surface area contributed by atoms with Gasteiger partial charge in [0.2, 0.25) is 0 Å². The first-order valence-electron chi connectivity index (χ1n) is 13.9. The average Bonchev–Trinajstić information content (AvgIpc) is 3.07. The van der Waals surface area contributed by atoms with Crippen LogP contribution < -0.4 is 0 Å². The van der Waals surface area contributed by atoms with Gasteiger partial charge in [-0.15, -0.1) is 0 Å². The van der Waals surface area contributed by atoms with Gasteiger partial charge in [0.1, 0.15) is 0 Å². The Morgan fingerprint density at radius 2 is 1.64 bits per heavy atom. The highest BCUT2D eigenvalue weighted by Gasteiger charge is 2.66. The highest BCUT2D eigenvalue weighted by molar-refractivity contribution is 5.32. The molecule has 3 heteroatoms. The fraction of sp³-hybridized carbons (Fsp3) is 0.933. The van der Waals surface area contributed by atoms with Crippen LogP contribution in [0.25, 0.3) is 0 Å². The fourth-order valence-corrected chi connectivity index (χ4v) is 9.69. The van der Waals surface area contributed by atoms with Crippen LogP contribution in [0, 0.1) is 45.3 Å². The molecule has 33 heavy (non-hydrogen) atoms. The Morgan fingerprint density at radius 3 is 2.27 bits per heavy atom. The van der Waals surface area contributed by atoms with E-state index >= 15 is 0 Å². The summed E-state index contributed by atoms with van der Waals surface area (Å²) in [6, 6.07) is 0. The smallest absolute Gasteiger partial charge is 0.0849 e. The monoisotopic (exact) mass is 460 g/mol. The normalized spacial score (nSPS) is 46.6. The summed E-state index contributed by atoms with van der Waals surface area (Å²) in [5.41, 5.74) is 1.59. The van der Waals surface area contributed by atoms with E-state index in [1.165, 1.54) is 32.1 Å². The van der Waals surface area contributed by atoms with Gasteiger partial charge in [0.25, 0.3) is 0 Å². The van der Waals surface area contributed by atoms with Crippen LogP contribution in [-0.4, -0.2) is 33.1 Å². The van der Waals surface area contributed by atoms with Gasteiger partial charge in [0.15, 0.2) is 0 Å². The maximum absolute atomic E-state index is 10.8. The van der Waals surface area contributed by atoms with Crippen LogP contribution >= 0.6 is 0 Å². The second-order valence-electron chi connectivity index (χ2n) is 14.5. The molecule has 0 unspecified atom stereocenters. The third-order valence-electron chi connectivity index (χ3n) is 12.3. The number of hydrogen-bond donors (Lipinski definition) is 3. The summed E-state index contributed by atoms with van der Waals surface area (Å²) in [5.74, 6) is 2.43. The Balaban J connectivity index is 1.59. The molecule has 4 rings (SSSR count). The molecule has 3 nitrogen and oxygen atoms in total. The van der Waals surface area contributed by atoms with Crippen LogP contribution in [-0.2, 0) is 0 Å². The second kappa shape index (κ2) is 8.07. The van der Waals surface area contributed by atoms with Gasteiger partial charge in [0.05, 0.1) is 17.8 Å². The molecule has 0 saturated heterocycles. The zero-order chi connectivity index (χ0) is 24.6. The maximum atomic E-state index is 10.8. The molecule has 4 aliphatic rings. The van der Waals surface area contributed by atoms with Gasteiger partial charge in [-0.3, -0.25) is 0 Å². The van der Waals surface area contributed by atoms with E-state index in [-0.39, 0.29) is 16.9 Å². The molecular formula is C30H52O3. The number of allylic oxidation sites excluding steroid dienone is 2. The molecule has 3 saturated carbocycles. The number of hydrogen-bond acceptors (Lipinski definition) is 3. The predicted octanol–water partition coefficient (Wildman–Crippen LogP) is 6.50. The van der Waals surface area contributed by atoms with Crippen LogP contribution in [0.3, 0.4) is 0 Å². The molecule has 0 amide bonds. The van der Waals surface area contributed by atoms with Crippen molar-refractivity contribution in [2.45, 2.75) is 131 Å². The van der Waals surface area contributed by atoms with Crippen molar-refractivity contribution < 1.29 is 15.3 Å². The summed E-state index contributed by atoms with van der Waals surface area (Å²) in [7, 11) is 0. The zero-order valence-corrected chi connectivity index (χ0v) is 22.7. The zero-order valence-electron chi connectivity index (χ0n) is 22.7. The van der Waals surface area contributed by atoms with Gasteiger partial charge < -0.3 is 15.3 Å². The summed E-state index contributed by atoms with van der Waals surface area (Å²) in [6.45, 7) is 18.2. The van der Waals surface area contributed by atoms with Crippen LogP contribution in [0.2, 0.25) is 0 Å². The van der Waals surface area contributed by atoms with Crippen molar-refractivity contribution in [3.8, 4) is 0 Å². The molecule has 3 fully saturated rings. The predicted molar refractivity (Wildman–Crippen MR) is 136 cm³/mol. The van der Waals surface area contributed by atoms with Gasteiger partial charge in [-0.2, -0.15) is 0 Å².